The van der Waals surface area contributed by atoms with Crippen LogP contribution in [0, 0.1) is 0 Å². The molecule has 1 aliphatic rings. The Hall–Kier alpha value is -1.26. The minimum atomic E-state index is -0.287. The van der Waals surface area contributed by atoms with Crippen LogP contribution in [0.25, 0.3) is 0 Å². The van der Waals surface area contributed by atoms with E-state index in [1.54, 1.807) is 11.8 Å². The molecule has 2 unspecified atom stereocenters. The van der Waals surface area contributed by atoms with Crippen molar-refractivity contribution < 1.29 is 9.53 Å². The highest BCUT2D eigenvalue weighted by molar-refractivity contribution is 6.30. The second-order valence-electron chi connectivity index (χ2n) is 4.85. The van der Waals surface area contributed by atoms with Crippen molar-refractivity contribution in [3.63, 3.8) is 0 Å². The summed E-state index contributed by atoms with van der Waals surface area (Å²) in [5, 5.41) is 0.708. The van der Waals surface area contributed by atoms with Gasteiger partial charge in [0.25, 0.3) is 0 Å². The predicted octanol–water partition coefficient (Wildman–Crippen LogP) is 2.61. The topological polar surface area (TPSA) is 55.6 Å². The van der Waals surface area contributed by atoms with Crippen LogP contribution < -0.4 is 5.73 Å². The number of carbonyl (C=O) groups excluding carboxylic acids is 1. The summed E-state index contributed by atoms with van der Waals surface area (Å²) in [7, 11) is 0. The largest absolute Gasteiger partial charge is 0.450 e. The number of nitrogens with two attached hydrogens (primary N) is 1. The van der Waals surface area contributed by atoms with Crippen molar-refractivity contribution in [3.8, 4) is 0 Å². The molecule has 5 heteroatoms. The summed E-state index contributed by atoms with van der Waals surface area (Å²) in [5.41, 5.74) is 7.16. The minimum absolute atomic E-state index is 0.0258. The van der Waals surface area contributed by atoms with Crippen LogP contribution in [0.2, 0.25) is 5.02 Å². The predicted molar refractivity (Wildman–Crippen MR) is 75.4 cm³/mol. The number of hydrogen-bond acceptors (Lipinski definition) is 3. The average Bonchev–Trinajstić information content (AvgIpc) is 2.38. The summed E-state index contributed by atoms with van der Waals surface area (Å²) in [5.74, 6) is 0.215. The Morgan fingerprint density at radius 2 is 2.32 bits per heavy atom. The molecule has 1 heterocycles. The first-order valence-corrected chi connectivity index (χ1v) is 6.90. The van der Waals surface area contributed by atoms with Gasteiger partial charge in [0, 0.05) is 30.1 Å². The normalized spacial score (nSPS) is 23.2. The number of halogens is 1. The Kier molecular flexibility index (Phi) is 4.66. The fourth-order valence-electron chi connectivity index (χ4n) is 2.50. The summed E-state index contributed by atoms with van der Waals surface area (Å²) < 4.78 is 5.04. The lowest BCUT2D eigenvalue weighted by atomic mass is 9.88. The van der Waals surface area contributed by atoms with E-state index in [2.05, 4.69) is 0 Å². The van der Waals surface area contributed by atoms with Crippen molar-refractivity contribution in [3.05, 3.63) is 34.9 Å². The van der Waals surface area contributed by atoms with Crippen LogP contribution in [-0.2, 0) is 4.74 Å². The number of likely N-dealkylation sites (tertiary alicyclic amines) is 1. The molecule has 4 nitrogen and oxygen atoms in total. The van der Waals surface area contributed by atoms with Crippen LogP contribution in [0.5, 0.6) is 0 Å². The summed E-state index contributed by atoms with van der Waals surface area (Å²) in [4.78, 5) is 13.5. The molecule has 0 aromatic heterocycles. The van der Waals surface area contributed by atoms with Gasteiger partial charge >= 0.3 is 6.09 Å². The maximum Gasteiger partial charge on any atom is 0.409 e. The quantitative estimate of drug-likeness (QED) is 0.907. The second-order valence-corrected chi connectivity index (χ2v) is 5.29. The molecule has 1 aromatic carbocycles. The average molecular weight is 283 g/mol. The lowest BCUT2D eigenvalue weighted by Gasteiger charge is -2.35. The molecular weight excluding hydrogens is 264 g/mol. The lowest BCUT2D eigenvalue weighted by Crippen LogP contribution is -2.48. The molecule has 1 saturated heterocycles. The highest BCUT2D eigenvalue weighted by Gasteiger charge is 2.29. The number of benzene rings is 1. The van der Waals surface area contributed by atoms with Crippen LogP contribution >= 0.6 is 11.6 Å². The molecule has 19 heavy (non-hydrogen) atoms. The molecule has 1 fully saturated rings. The van der Waals surface area contributed by atoms with E-state index in [1.165, 1.54) is 0 Å². The molecule has 2 N–H and O–H groups in total. The van der Waals surface area contributed by atoms with Crippen molar-refractivity contribution in [2.45, 2.75) is 25.3 Å². The molecule has 0 aliphatic carbocycles. The van der Waals surface area contributed by atoms with Gasteiger partial charge in [-0.1, -0.05) is 23.7 Å². The molecular formula is C14H19ClN2O2. The van der Waals surface area contributed by atoms with E-state index in [4.69, 9.17) is 22.1 Å². The van der Waals surface area contributed by atoms with E-state index in [9.17, 15) is 4.79 Å². The summed E-state index contributed by atoms with van der Waals surface area (Å²) in [6.45, 7) is 3.37. The fraction of sp³-hybridized carbons (Fsp3) is 0.500. The maximum atomic E-state index is 11.8. The van der Waals surface area contributed by atoms with Crippen molar-refractivity contribution >= 4 is 17.7 Å². The third kappa shape index (κ3) is 3.61. The Morgan fingerprint density at radius 3 is 3.00 bits per heavy atom. The number of rotatable bonds is 2. The first-order chi connectivity index (χ1) is 9.10. The Balaban J connectivity index is 2.11. The monoisotopic (exact) mass is 282 g/mol. The summed E-state index contributed by atoms with van der Waals surface area (Å²) in [6.07, 6.45) is 0.570. The van der Waals surface area contributed by atoms with Crippen LogP contribution in [-0.4, -0.2) is 36.7 Å². The zero-order valence-electron chi connectivity index (χ0n) is 11.0. The van der Waals surface area contributed by atoms with Gasteiger partial charge in [0.15, 0.2) is 0 Å². The van der Waals surface area contributed by atoms with E-state index in [1.807, 2.05) is 24.3 Å². The van der Waals surface area contributed by atoms with Gasteiger partial charge in [0.05, 0.1) is 6.61 Å². The Bertz CT molecular complexity index is 453. The van der Waals surface area contributed by atoms with E-state index in [0.29, 0.717) is 24.7 Å². The van der Waals surface area contributed by atoms with Gasteiger partial charge in [-0.25, -0.2) is 4.79 Å². The number of piperidine rings is 1. The van der Waals surface area contributed by atoms with Gasteiger partial charge in [-0.3, -0.25) is 0 Å². The van der Waals surface area contributed by atoms with Crippen molar-refractivity contribution in [1.29, 1.82) is 0 Å². The van der Waals surface area contributed by atoms with Gasteiger partial charge in [-0.05, 0) is 31.0 Å². The molecule has 0 radical (unpaired) electrons. The molecule has 1 aromatic rings. The zero-order chi connectivity index (χ0) is 13.8. The molecule has 0 saturated carbocycles. The highest BCUT2D eigenvalue weighted by atomic mass is 35.5. The number of hydrogen-bond donors (Lipinski definition) is 1. The Morgan fingerprint density at radius 1 is 1.53 bits per heavy atom. The van der Waals surface area contributed by atoms with Gasteiger partial charge in [0.2, 0.25) is 0 Å². The third-order valence-corrected chi connectivity index (χ3v) is 3.56. The summed E-state index contributed by atoms with van der Waals surface area (Å²) in [6, 6.07) is 7.71. The zero-order valence-corrected chi connectivity index (χ0v) is 11.8. The smallest absolute Gasteiger partial charge is 0.409 e. The maximum absolute atomic E-state index is 11.8. The van der Waals surface area contributed by atoms with E-state index >= 15 is 0 Å². The van der Waals surface area contributed by atoms with Crippen LogP contribution in [0.1, 0.15) is 24.8 Å². The van der Waals surface area contributed by atoms with Crippen molar-refractivity contribution in [1.82, 2.24) is 4.90 Å². The van der Waals surface area contributed by atoms with E-state index in [-0.39, 0.29) is 18.1 Å². The van der Waals surface area contributed by atoms with Gasteiger partial charge < -0.3 is 15.4 Å². The standard InChI is InChI=1S/C14H19ClN2O2/c1-2-19-14(18)17-8-11(7-13(16)9-17)10-4-3-5-12(15)6-10/h3-6,11,13H,2,7-9,16H2,1H3. The van der Waals surface area contributed by atoms with Crippen molar-refractivity contribution in [2.24, 2.45) is 5.73 Å². The van der Waals surface area contributed by atoms with Crippen LogP contribution in [0.3, 0.4) is 0 Å². The molecule has 1 aliphatic heterocycles. The second kappa shape index (κ2) is 6.26. The fourth-order valence-corrected chi connectivity index (χ4v) is 2.70. The van der Waals surface area contributed by atoms with Gasteiger partial charge in [-0.15, -0.1) is 0 Å². The van der Waals surface area contributed by atoms with Crippen LogP contribution in [0.15, 0.2) is 24.3 Å². The number of nitrogens with zero attached hydrogens (tertiary/aromatic N) is 1. The summed E-state index contributed by atoms with van der Waals surface area (Å²) >= 11 is 6.01. The number of carbonyl (C=O) groups is 1. The first-order valence-electron chi connectivity index (χ1n) is 6.53. The van der Waals surface area contributed by atoms with Crippen LogP contribution in [0.4, 0.5) is 4.79 Å². The highest BCUT2D eigenvalue weighted by Crippen LogP contribution is 2.28. The molecule has 1 amide bonds. The van der Waals surface area contributed by atoms with E-state index in [0.717, 1.165) is 12.0 Å². The number of amides is 1. The minimum Gasteiger partial charge on any atom is -0.450 e. The molecule has 0 spiro atoms. The third-order valence-electron chi connectivity index (χ3n) is 3.33. The molecule has 0 bridgehead atoms. The molecule has 2 atom stereocenters. The van der Waals surface area contributed by atoms with Gasteiger partial charge in [-0.2, -0.15) is 0 Å². The van der Waals surface area contributed by atoms with E-state index < -0.39 is 0 Å². The molecule has 2 rings (SSSR count). The first kappa shape index (κ1) is 14.2. The number of ether oxygens (including phenoxy) is 1. The van der Waals surface area contributed by atoms with Crippen molar-refractivity contribution in [2.75, 3.05) is 19.7 Å². The molecule has 104 valence electrons. The van der Waals surface area contributed by atoms with Gasteiger partial charge in [0.1, 0.15) is 0 Å². The lowest BCUT2D eigenvalue weighted by molar-refractivity contribution is 0.0918. The Labute approximate surface area is 118 Å². The SMILES string of the molecule is CCOC(=O)N1CC(N)CC(c2cccc(Cl)c2)C1.